The van der Waals surface area contributed by atoms with Crippen molar-refractivity contribution in [1.29, 1.82) is 0 Å². The maximum absolute atomic E-state index is 12.0. The molecule has 0 aliphatic rings. The minimum absolute atomic E-state index is 0.0713. The van der Waals surface area contributed by atoms with Gasteiger partial charge in [0.05, 0.1) is 13.2 Å². The molecule has 3 N–H and O–H groups in total. The highest BCUT2D eigenvalue weighted by atomic mass is 31.2. The van der Waals surface area contributed by atoms with Crippen LogP contribution in [0.4, 0.5) is 0 Å². The molecule has 10 heteroatoms. The average Bonchev–Trinajstić information content (AvgIpc) is 3.00. The SMILES string of the molecule is CC/C=C\C/C=C\C/C=C\CCCCCC(=O)OCC(O)COP(=O)(O)OCCNC(=O)CCCCCCC/C=C\CCC. The van der Waals surface area contributed by atoms with E-state index in [1.807, 2.05) is 0 Å². The lowest BCUT2D eigenvalue weighted by molar-refractivity contribution is -0.147. The first-order valence-corrected chi connectivity index (χ1v) is 18.1. The molecule has 1 amide bonds. The smallest absolute Gasteiger partial charge is 0.463 e. The molecule has 0 saturated heterocycles. The zero-order valence-electron chi connectivity index (χ0n) is 27.3. The zero-order valence-corrected chi connectivity index (χ0v) is 28.2. The van der Waals surface area contributed by atoms with Crippen molar-refractivity contribution in [2.24, 2.45) is 0 Å². The third-order valence-corrected chi connectivity index (χ3v) is 7.46. The average molecular weight is 642 g/mol. The number of phosphoric ester groups is 1. The molecule has 0 saturated carbocycles. The van der Waals surface area contributed by atoms with Crippen molar-refractivity contribution in [3.8, 4) is 0 Å². The van der Waals surface area contributed by atoms with E-state index in [1.54, 1.807) is 0 Å². The van der Waals surface area contributed by atoms with Crippen LogP contribution in [0.25, 0.3) is 0 Å². The summed E-state index contributed by atoms with van der Waals surface area (Å²) in [5, 5.41) is 12.6. The van der Waals surface area contributed by atoms with Crippen LogP contribution in [0, 0.1) is 0 Å². The number of carbonyl (C=O) groups excluding carboxylic acids is 2. The van der Waals surface area contributed by atoms with E-state index in [1.165, 1.54) is 12.8 Å². The number of hydrogen-bond donors (Lipinski definition) is 3. The van der Waals surface area contributed by atoms with Gasteiger partial charge in [0.2, 0.25) is 5.91 Å². The Morgan fingerprint density at radius 3 is 2.00 bits per heavy atom. The molecule has 9 nitrogen and oxygen atoms in total. The van der Waals surface area contributed by atoms with Gasteiger partial charge in [-0.1, -0.05) is 94.6 Å². The quantitative estimate of drug-likeness (QED) is 0.0311. The van der Waals surface area contributed by atoms with E-state index in [-0.39, 0.29) is 32.1 Å². The van der Waals surface area contributed by atoms with Gasteiger partial charge in [0, 0.05) is 19.4 Å². The van der Waals surface area contributed by atoms with Crippen molar-refractivity contribution in [2.75, 3.05) is 26.4 Å². The summed E-state index contributed by atoms with van der Waals surface area (Å²) in [5.74, 6) is -0.565. The Morgan fingerprint density at radius 2 is 1.30 bits per heavy atom. The van der Waals surface area contributed by atoms with E-state index < -0.39 is 26.5 Å². The van der Waals surface area contributed by atoms with Crippen LogP contribution in [0.3, 0.4) is 0 Å². The van der Waals surface area contributed by atoms with Crippen LogP contribution in [-0.2, 0) is 27.9 Å². The second kappa shape index (κ2) is 31.0. The molecule has 0 aliphatic heterocycles. The first kappa shape index (κ1) is 42.0. The summed E-state index contributed by atoms with van der Waals surface area (Å²) >= 11 is 0. The largest absolute Gasteiger partial charge is 0.472 e. The monoisotopic (exact) mass is 641 g/mol. The van der Waals surface area contributed by atoms with Crippen LogP contribution in [0.15, 0.2) is 48.6 Å². The van der Waals surface area contributed by atoms with E-state index in [9.17, 15) is 24.2 Å². The van der Waals surface area contributed by atoms with Crippen LogP contribution in [0.2, 0.25) is 0 Å². The van der Waals surface area contributed by atoms with E-state index in [4.69, 9.17) is 13.8 Å². The number of hydrogen-bond acceptors (Lipinski definition) is 7. The number of esters is 1. The van der Waals surface area contributed by atoms with Gasteiger partial charge >= 0.3 is 13.8 Å². The molecule has 0 fully saturated rings. The summed E-state index contributed by atoms with van der Waals surface area (Å²) in [4.78, 5) is 33.6. The Kier molecular flexibility index (Phi) is 29.5. The van der Waals surface area contributed by atoms with Gasteiger partial charge in [0.15, 0.2) is 0 Å². The predicted molar refractivity (Wildman–Crippen MR) is 178 cm³/mol. The highest BCUT2D eigenvalue weighted by Crippen LogP contribution is 2.42. The van der Waals surface area contributed by atoms with Crippen molar-refractivity contribution in [2.45, 2.75) is 129 Å². The fraction of sp³-hybridized carbons (Fsp3) is 0.706. The van der Waals surface area contributed by atoms with E-state index in [0.717, 1.165) is 77.0 Å². The maximum atomic E-state index is 12.0. The highest BCUT2D eigenvalue weighted by Gasteiger charge is 2.23. The van der Waals surface area contributed by atoms with Crippen molar-refractivity contribution in [1.82, 2.24) is 5.32 Å². The van der Waals surface area contributed by atoms with Gasteiger partial charge in [-0.3, -0.25) is 18.6 Å². The number of phosphoric acid groups is 1. The van der Waals surface area contributed by atoms with Gasteiger partial charge in [-0.05, 0) is 64.2 Å². The molecule has 0 rings (SSSR count). The number of unbranched alkanes of at least 4 members (excludes halogenated alkanes) is 9. The number of carbonyl (C=O) groups is 2. The Hall–Kier alpha value is -2.03. The van der Waals surface area contributed by atoms with E-state index in [0.29, 0.717) is 12.8 Å². The lowest BCUT2D eigenvalue weighted by Gasteiger charge is -2.15. The van der Waals surface area contributed by atoms with Gasteiger partial charge in [-0.25, -0.2) is 4.57 Å². The first-order chi connectivity index (χ1) is 21.3. The van der Waals surface area contributed by atoms with Gasteiger partial charge in [-0.2, -0.15) is 0 Å². The van der Waals surface area contributed by atoms with Crippen LogP contribution in [0.5, 0.6) is 0 Å². The molecule has 2 atom stereocenters. The zero-order chi connectivity index (χ0) is 32.6. The second-order valence-corrected chi connectivity index (χ2v) is 12.2. The third-order valence-electron chi connectivity index (χ3n) is 6.47. The Bertz CT molecular complexity index is 871. The summed E-state index contributed by atoms with van der Waals surface area (Å²) in [7, 11) is -4.41. The minimum atomic E-state index is -4.41. The Labute approximate surface area is 266 Å². The molecular weight excluding hydrogens is 581 g/mol. The lowest BCUT2D eigenvalue weighted by Crippen LogP contribution is -2.27. The van der Waals surface area contributed by atoms with Crippen molar-refractivity contribution in [3.05, 3.63) is 48.6 Å². The third kappa shape index (κ3) is 31.4. The molecule has 0 heterocycles. The summed E-state index contributed by atoms with van der Waals surface area (Å²) in [6, 6.07) is 0. The number of nitrogens with one attached hydrogen (secondary N) is 1. The molecule has 0 spiro atoms. The number of ether oxygens (including phenoxy) is 1. The molecule has 0 radical (unpaired) electrons. The number of aliphatic hydroxyl groups excluding tert-OH is 1. The van der Waals surface area contributed by atoms with Gasteiger partial charge in [0.25, 0.3) is 0 Å². The summed E-state index contributed by atoms with van der Waals surface area (Å²) in [5.41, 5.74) is 0. The van der Waals surface area contributed by atoms with E-state index in [2.05, 4.69) is 67.8 Å². The minimum Gasteiger partial charge on any atom is -0.463 e. The molecule has 44 heavy (non-hydrogen) atoms. The Morgan fingerprint density at radius 1 is 0.727 bits per heavy atom. The van der Waals surface area contributed by atoms with Gasteiger partial charge in [-0.15, -0.1) is 0 Å². The number of aliphatic hydroxyl groups is 1. The van der Waals surface area contributed by atoms with Gasteiger partial charge < -0.3 is 20.1 Å². The maximum Gasteiger partial charge on any atom is 0.472 e. The standard InChI is InChI=1S/C34H60NO8P/c1-3-5-7-9-11-13-15-16-17-19-21-23-25-27-34(38)41-30-32(36)31-43-44(39,40)42-29-28-35-33(37)26-24-22-20-18-14-12-10-8-6-4-2/h5,7-8,10-11,13,16-17,32,36H,3-4,6,9,12,14-15,18-31H2,1-2H3,(H,35,37)(H,39,40)/b7-5-,10-8-,13-11-,17-16-. The molecular formula is C34H60NO8P. The Balaban J connectivity index is 3.72. The lowest BCUT2D eigenvalue weighted by atomic mass is 10.1. The number of rotatable bonds is 30. The second-order valence-electron chi connectivity index (χ2n) is 10.7. The molecule has 0 aromatic rings. The summed E-state index contributed by atoms with van der Waals surface area (Å²) in [6.45, 7) is 3.29. The fourth-order valence-electron chi connectivity index (χ4n) is 3.98. The van der Waals surface area contributed by atoms with Crippen molar-refractivity contribution < 1.29 is 37.9 Å². The van der Waals surface area contributed by atoms with Crippen molar-refractivity contribution >= 4 is 19.7 Å². The van der Waals surface area contributed by atoms with Gasteiger partial charge in [0.1, 0.15) is 12.7 Å². The summed E-state index contributed by atoms with van der Waals surface area (Å²) < 4.78 is 26.6. The fourth-order valence-corrected chi connectivity index (χ4v) is 4.74. The van der Waals surface area contributed by atoms with Crippen LogP contribution >= 0.6 is 7.82 Å². The normalized spacial score (nSPS) is 14.2. The number of allylic oxidation sites excluding steroid dienone is 8. The molecule has 0 aromatic carbocycles. The summed E-state index contributed by atoms with van der Waals surface area (Å²) in [6.07, 6.45) is 31.9. The molecule has 0 aliphatic carbocycles. The highest BCUT2D eigenvalue weighted by molar-refractivity contribution is 7.47. The molecule has 2 unspecified atom stereocenters. The van der Waals surface area contributed by atoms with Crippen molar-refractivity contribution in [3.63, 3.8) is 0 Å². The van der Waals surface area contributed by atoms with Crippen LogP contribution in [-0.4, -0.2) is 54.3 Å². The first-order valence-electron chi connectivity index (χ1n) is 16.6. The molecule has 0 aromatic heterocycles. The van der Waals surface area contributed by atoms with Crippen LogP contribution < -0.4 is 5.32 Å². The van der Waals surface area contributed by atoms with Crippen LogP contribution in [0.1, 0.15) is 123 Å². The number of amides is 1. The predicted octanol–water partition coefficient (Wildman–Crippen LogP) is 8.04. The topological polar surface area (TPSA) is 131 Å². The van der Waals surface area contributed by atoms with E-state index >= 15 is 0 Å². The molecule has 254 valence electrons. The molecule has 0 bridgehead atoms.